The molecule has 0 aromatic heterocycles. The summed E-state index contributed by atoms with van der Waals surface area (Å²) < 4.78 is 6.39. The maximum Gasteiger partial charge on any atom is 0.257 e. The third-order valence-electron chi connectivity index (χ3n) is 5.91. The number of para-hydroxylation sites is 1. The summed E-state index contributed by atoms with van der Waals surface area (Å²) in [6.45, 7) is 2.49. The minimum absolute atomic E-state index is 0.0106. The number of halogens is 2. The molecule has 0 aliphatic carbocycles. The van der Waals surface area contributed by atoms with Crippen molar-refractivity contribution in [1.82, 2.24) is 4.90 Å². The van der Waals surface area contributed by atoms with E-state index in [1.165, 1.54) is 0 Å². The summed E-state index contributed by atoms with van der Waals surface area (Å²) in [6.07, 6.45) is 0.327. The predicted octanol–water partition coefficient (Wildman–Crippen LogP) is 2.52. The Morgan fingerprint density at radius 2 is 2.04 bits per heavy atom. The van der Waals surface area contributed by atoms with E-state index in [9.17, 15) is 9.59 Å². The maximum absolute atomic E-state index is 13.3. The highest BCUT2D eigenvalue weighted by Gasteiger charge is 2.76. The van der Waals surface area contributed by atoms with Crippen molar-refractivity contribution in [3.63, 3.8) is 0 Å². The quantitative estimate of drug-likeness (QED) is 0.611. The zero-order valence-corrected chi connectivity index (χ0v) is 16.2. The van der Waals surface area contributed by atoms with Gasteiger partial charge in [0.2, 0.25) is 5.91 Å². The first-order valence-corrected chi connectivity index (χ1v) is 10.0. The summed E-state index contributed by atoms with van der Waals surface area (Å²) in [4.78, 5) is 30.0. The first kappa shape index (κ1) is 15.3. The van der Waals surface area contributed by atoms with Crippen LogP contribution in [0.15, 0.2) is 24.3 Å². The van der Waals surface area contributed by atoms with E-state index in [1.807, 2.05) is 25.1 Å². The number of hydrogen-bond donors (Lipinski definition) is 0. The highest BCUT2D eigenvalue weighted by Crippen LogP contribution is 2.61. The van der Waals surface area contributed by atoms with Gasteiger partial charge in [-0.05, 0) is 25.5 Å². The van der Waals surface area contributed by atoms with Gasteiger partial charge in [-0.3, -0.25) is 14.5 Å². The largest absolute Gasteiger partial charge is 0.364 e. The second-order valence-electron chi connectivity index (χ2n) is 6.83. The second kappa shape index (κ2) is 4.83. The van der Waals surface area contributed by atoms with Gasteiger partial charge in [0.05, 0.1) is 32.9 Å². The molecule has 6 atom stereocenters. The Hall–Kier alpha value is -0.920. The lowest BCUT2D eigenvalue weighted by Gasteiger charge is -2.46. The molecule has 0 radical (unpaired) electrons. The molecule has 24 heavy (non-hydrogen) atoms. The van der Waals surface area contributed by atoms with E-state index < -0.39 is 5.60 Å². The van der Waals surface area contributed by atoms with Gasteiger partial charge in [0.15, 0.2) is 0 Å². The lowest BCUT2D eigenvalue weighted by molar-refractivity contribution is -0.121. The van der Waals surface area contributed by atoms with Crippen LogP contribution in [0.3, 0.4) is 0 Å². The lowest BCUT2D eigenvalue weighted by Crippen LogP contribution is -2.64. The molecule has 7 heteroatoms. The van der Waals surface area contributed by atoms with E-state index in [4.69, 9.17) is 4.74 Å². The minimum atomic E-state index is -0.685. The summed E-state index contributed by atoms with van der Waals surface area (Å²) in [5.74, 6) is -0.162. The number of benzene rings is 1. The SMILES string of the molecule is CCN1C(=O)c2ccccc2N2C(=O)[C@H]3C[C@H]4O[C@@]3([C@@H](Br)[C@@H]4Br)[C@@H]12. The predicted molar refractivity (Wildman–Crippen MR) is 95.6 cm³/mol. The topological polar surface area (TPSA) is 49.9 Å². The van der Waals surface area contributed by atoms with E-state index in [0.717, 1.165) is 0 Å². The summed E-state index contributed by atoms with van der Waals surface area (Å²) in [5.41, 5.74) is 0.620. The molecule has 2 bridgehead atoms. The Morgan fingerprint density at radius 1 is 1.29 bits per heavy atom. The van der Waals surface area contributed by atoms with Gasteiger partial charge in [-0.25, -0.2) is 0 Å². The Bertz CT molecular complexity index is 772. The van der Waals surface area contributed by atoms with E-state index >= 15 is 0 Å². The van der Waals surface area contributed by atoms with Crippen LogP contribution in [0.2, 0.25) is 0 Å². The van der Waals surface area contributed by atoms with Gasteiger partial charge in [-0.1, -0.05) is 44.0 Å². The molecule has 0 unspecified atom stereocenters. The molecule has 3 fully saturated rings. The van der Waals surface area contributed by atoms with E-state index in [2.05, 4.69) is 31.9 Å². The maximum atomic E-state index is 13.3. The van der Waals surface area contributed by atoms with Crippen LogP contribution in [0.25, 0.3) is 0 Å². The van der Waals surface area contributed by atoms with E-state index in [-0.39, 0.29) is 39.7 Å². The zero-order chi connectivity index (χ0) is 16.8. The number of hydrogen-bond acceptors (Lipinski definition) is 3. The van der Waals surface area contributed by atoms with Crippen molar-refractivity contribution < 1.29 is 14.3 Å². The third kappa shape index (κ3) is 1.51. The molecule has 4 aliphatic rings. The van der Waals surface area contributed by atoms with Crippen molar-refractivity contribution in [3.8, 4) is 0 Å². The molecular formula is C17H16Br2N2O3. The van der Waals surface area contributed by atoms with Gasteiger partial charge in [-0.2, -0.15) is 0 Å². The molecule has 5 nitrogen and oxygen atoms in total. The number of fused-ring (bicyclic) bond motifs is 4. The van der Waals surface area contributed by atoms with Gasteiger partial charge < -0.3 is 9.64 Å². The van der Waals surface area contributed by atoms with E-state index in [1.54, 1.807) is 15.9 Å². The van der Waals surface area contributed by atoms with Crippen LogP contribution in [0.1, 0.15) is 23.7 Å². The number of rotatable bonds is 1. The van der Waals surface area contributed by atoms with Crippen molar-refractivity contribution in [2.24, 2.45) is 5.92 Å². The molecule has 1 spiro atoms. The molecule has 1 aromatic carbocycles. The standard InChI is InChI=1S/C17H16Br2N2O3/c1-2-20-14(22)8-5-3-4-6-10(8)21-15(23)9-7-11-12(18)13(19)17(9,24-11)16(20)21/h3-6,9,11-13,16H,2,7H2,1H3/t9-,11-,12-,13+,16+,17+/m1/s1. The molecule has 0 saturated carbocycles. The molecule has 0 N–H and O–H groups in total. The minimum Gasteiger partial charge on any atom is -0.364 e. The fraction of sp³-hybridized carbons (Fsp3) is 0.529. The number of carbonyl (C=O) groups excluding carboxylic acids is 2. The van der Waals surface area contributed by atoms with Gasteiger partial charge in [-0.15, -0.1) is 0 Å². The second-order valence-corrected chi connectivity index (χ2v) is 8.88. The highest BCUT2D eigenvalue weighted by atomic mass is 79.9. The summed E-state index contributed by atoms with van der Waals surface area (Å²) >= 11 is 7.49. The van der Waals surface area contributed by atoms with Crippen LogP contribution in [0, 0.1) is 5.92 Å². The number of ether oxygens (including phenoxy) is 1. The first-order chi connectivity index (χ1) is 11.5. The van der Waals surface area contributed by atoms with Crippen LogP contribution in [-0.4, -0.2) is 50.8 Å². The Kier molecular flexibility index (Phi) is 3.09. The molecule has 126 valence electrons. The van der Waals surface area contributed by atoms with Crippen LogP contribution < -0.4 is 4.90 Å². The fourth-order valence-corrected chi connectivity index (χ4v) is 6.69. The summed E-state index contributed by atoms with van der Waals surface area (Å²) in [6, 6.07) is 7.38. The van der Waals surface area contributed by atoms with Gasteiger partial charge >= 0.3 is 0 Å². The highest BCUT2D eigenvalue weighted by molar-refractivity contribution is 9.12. The molecular weight excluding hydrogens is 440 g/mol. The third-order valence-corrected chi connectivity index (χ3v) is 9.02. The summed E-state index contributed by atoms with van der Waals surface area (Å²) in [7, 11) is 0. The average Bonchev–Trinajstić information content (AvgIpc) is 3.17. The molecule has 4 aliphatic heterocycles. The van der Waals surface area contributed by atoms with Gasteiger partial charge in [0, 0.05) is 6.54 Å². The smallest absolute Gasteiger partial charge is 0.257 e. The molecule has 2 amide bonds. The normalized spacial score (nSPS) is 42.4. The number of alkyl halides is 2. The van der Waals surface area contributed by atoms with Crippen LogP contribution in [0.5, 0.6) is 0 Å². The average molecular weight is 456 g/mol. The first-order valence-electron chi connectivity index (χ1n) is 8.21. The summed E-state index contributed by atoms with van der Waals surface area (Å²) in [5, 5.41) is 0. The van der Waals surface area contributed by atoms with Crippen LogP contribution >= 0.6 is 31.9 Å². The van der Waals surface area contributed by atoms with Crippen molar-refractivity contribution in [2.45, 2.75) is 40.9 Å². The number of carbonyl (C=O) groups is 2. The van der Waals surface area contributed by atoms with Gasteiger partial charge in [0.1, 0.15) is 11.8 Å². The van der Waals surface area contributed by atoms with Crippen molar-refractivity contribution >= 4 is 49.4 Å². The van der Waals surface area contributed by atoms with Crippen LogP contribution in [0.4, 0.5) is 5.69 Å². The molecule has 4 heterocycles. The van der Waals surface area contributed by atoms with Crippen molar-refractivity contribution in [1.29, 1.82) is 0 Å². The van der Waals surface area contributed by atoms with E-state index in [0.29, 0.717) is 24.2 Å². The van der Waals surface area contributed by atoms with Crippen molar-refractivity contribution in [2.75, 3.05) is 11.4 Å². The van der Waals surface area contributed by atoms with Crippen molar-refractivity contribution in [3.05, 3.63) is 29.8 Å². The number of amides is 2. The molecule has 5 rings (SSSR count). The molecule has 3 saturated heterocycles. The number of anilines is 1. The number of likely N-dealkylation sites (N-methyl/N-ethyl adjacent to an activating group) is 1. The van der Waals surface area contributed by atoms with Gasteiger partial charge in [0.25, 0.3) is 5.91 Å². The molecule has 1 aromatic rings. The Labute approximate surface area is 156 Å². The Balaban J connectivity index is 1.75. The van der Waals surface area contributed by atoms with Crippen LogP contribution in [-0.2, 0) is 9.53 Å². The Morgan fingerprint density at radius 3 is 2.75 bits per heavy atom. The fourth-order valence-electron chi connectivity index (χ4n) is 4.95. The lowest BCUT2D eigenvalue weighted by atomic mass is 9.78. The number of nitrogens with zero attached hydrogens (tertiary/aromatic N) is 2. The zero-order valence-electron chi connectivity index (χ0n) is 13.0. The monoisotopic (exact) mass is 454 g/mol.